The number of hydrogen-bond donors (Lipinski definition) is 0. The van der Waals surface area contributed by atoms with Crippen LogP contribution in [0.15, 0.2) is 133 Å². The summed E-state index contributed by atoms with van der Waals surface area (Å²) in [6, 6.07) is 48.5. The Morgan fingerprint density at radius 3 is 1.29 bits per heavy atom. The molecule has 0 spiro atoms. The van der Waals surface area contributed by atoms with Crippen LogP contribution in [0.25, 0.3) is 76.9 Å². The highest BCUT2D eigenvalue weighted by Crippen LogP contribution is 2.48. The molecule has 2 heterocycles. The van der Waals surface area contributed by atoms with Gasteiger partial charge in [0.1, 0.15) is 0 Å². The van der Waals surface area contributed by atoms with E-state index in [4.69, 9.17) is 0 Å². The Labute approximate surface area is 219 Å². The van der Waals surface area contributed by atoms with Crippen LogP contribution in [0.3, 0.4) is 0 Å². The molecule has 0 fully saturated rings. The quantitative estimate of drug-likeness (QED) is 0.222. The average Bonchev–Trinajstić information content (AvgIpc) is 3.51. The van der Waals surface area contributed by atoms with Crippen molar-refractivity contribution >= 4 is 54.4 Å². The molecule has 0 saturated heterocycles. The maximum absolute atomic E-state index is 2.44. The summed E-state index contributed by atoms with van der Waals surface area (Å²) in [4.78, 5) is 0. The molecular formula is C36H22N2. The Balaban J connectivity index is 1.42. The molecular weight excluding hydrogens is 460 g/mol. The lowest BCUT2D eigenvalue weighted by Gasteiger charge is -2.10. The first kappa shape index (κ1) is 20.0. The van der Waals surface area contributed by atoms with Crippen molar-refractivity contribution in [3.05, 3.63) is 133 Å². The first-order chi connectivity index (χ1) is 18.9. The van der Waals surface area contributed by atoms with Crippen molar-refractivity contribution in [3.63, 3.8) is 0 Å². The van der Waals surface area contributed by atoms with E-state index in [9.17, 15) is 0 Å². The van der Waals surface area contributed by atoms with Crippen LogP contribution >= 0.6 is 0 Å². The van der Waals surface area contributed by atoms with Crippen LogP contribution in [0.2, 0.25) is 0 Å². The smallest absolute Gasteiger partial charge is 0.0549 e. The molecule has 2 heteroatoms. The Morgan fingerprint density at radius 1 is 0.289 bits per heavy atom. The van der Waals surface area contributed by atoms with Crippen LogP contribution < -0.4 is 0 Å². The van der Waals surface area contributed by atoms with Crippen molar-refractivity contribution < 1.29 is 0 Å². The van der Waals surface area contributed by atoms with Gasteiger partial charge in [-0.05, 0) is 70.4 Å². The van der Waals surface area contributed by atoms with Gasteiger partial charge in [0.2, 0.25) is 0 Å². The molecule has 9 rings (SSSR count). The fourth-order valence-corrected chi connectivity index (χ4v) is 6.71. The average molecular weight is 483 g/mol. The van der Waals surface area contributed by atoms with E-state index in [0.717, 1.165) is 0 Å². The van der Waals surface area contributed by atoms with E-state index in [1.807, 2.05) is 0 Å². The third kappa shape index (κ3) is 2.47. The summed E-state index contributed by atoms with van der Waals surface area (Å²) >= 11 is 0. The zero-order valence-corrected chi connectivity index (χ0v) is 20.6. The van der Waals surface area contributed by atoms with Gasteiger partial charge in [0.25, 0.3) is 0 Å². The Hall–Kier alpha value is -5.08. The SMILES string of the molecule is c1ccc(-c2ccc(-n3c4cccc5c6cccc7c6c6c(c54)c3ccc6n7-c3ccccc3)cc2)cc1. The second-order valence-corrected chi connectivity index (χ2v) is 10.2. The molecule has 2 aromatic heterocycles. The third-order valence-corrected chi connectivity index (χ3v) is 8.25. The minimum absolute atomic E-state index is 1.19. The van der Waals surface area contributed by atoms with Crippen LogP contribution in [-0.4, -0.2) is 9.13 Å². The van der Waals surface area contributed by atoms with Crippen molar-refractivity contribution in [1.82, 2.24) is 9.13 Å². The molecule has 0 saturated carbocycles. The molecule has 0 aliphatic carbocycles. The van der Waals surface area contributed by atoms with E-state index in [2.05, 4.69) is 143 Å². The maximum atomic E-state index is 2.44. The van der Waals surface area contributed by atoms with Crippen LogP contribution in [0.4, 0.5) is 0 Å². The summed E-state index contributed by atoms with van der Waals surface area (Å²) in [7, 11) is 0. The van der Waals surface area contributed by atoms with E-state index in [-0.39, 0.29) is 0 Å². The number of rotatable bonds is 3. The zero-order valence-electron chi connectivity index (χ0n) is 20.6. The standard InChI is InChI=1S/C36H22N2/c1-3-9-23(10-4-1)24-17-19-26(20-18-24)38-30-16-8-14-28-27-13-7-15-29-33(27)35-31(21-22-32(38)36(35)34(28)30)37(29)25-11-5-2-6-12-25/h1-22H. The lowest BCUT2D eigenvalue weighted by atomic mass is 9.95. The van der Waals surface area contributed by atoms with Gasteiger partial charge in [0, 0.05) is 32.9 Å². The maximum Gasteiger partial charge on any atom is 0.0549 e. The normalized spacial score (nSPS) is 12.2. The minimum atomic E-state index is 1.19. The van der Waals surface area contributed by atoms with Crippen molar-refractivity contribution in [2.75, 3.05) is 0 Å². The Morgan fingerprint density at radius 2 is 0.737 bits per heavy atom. The van der Waals surface area contributed by atoms with Crippen molar-refractivity contribution in [3.8, 4) is 22.5 Å². The number of hydrogen-bond acceptors (Lipinski definition) is 0. The molecule has 0 N–H and O–H groups in total. The highest BCUT2D eigenvalue weighted by molar-refractivity contribution is 6.40. The summed E-state index contributed by atoms with van der Waals surface area (Å²) in [5.41, 5.74) is 9.90. The lowest BCUT2D eigenvalue weighted by Crippen LogP contribution is -1.95. The monoisotopic (exact) mass is 482 g/mol. The predicted octanol–water partition coefficient (Wildman–Crippen LogP) is 9.58. The van der Waals surface area contributed by atoms with E-state index < -0.39 is 0 Å². The first-order valence-electron chi connectivity index (χ1n) is 13.1. The van der Waals surface area contributed by atoms with Gasteiger partial charge in [0.05, 0.1) is 22.1 Å². The molecule has 9 aromatic rings. The predicted molar refractivity (Wildman–Crippen MR) is 160 cm³/mol. The van der Waals surface area contributed by atoms with Gasteiger partial charge in [-0.15, -0.1) is 0 Å². The van der Waals surface area contributed by atoms with Gasteiger partial charge < -0.3 is 9.13 Å². The lowest BCUT2D eigenvalue weighted by molar-refractivity contribution is 1.17. The van der Waals surface area contributed by atoms with Crippen molar-refractivity contribution in [1.29, 1.82) is 0 Å². The Kier molecular flexibility index (Phi) is 3.82. The molecule has 7 aromatic carbocycles. The van der Waals surface area contributed by atoms with Crippen LogP contribution in [0.5, 0.6) is 0 Å². The zero-order chi connectivity index (χ0) is 24.8. The van der Waals surface area contributed by atoms with Gasteiger partial charge in [-0.25, -0.2) is 0 Å². The van der Waals surface area contributed by atoms with Gasteiger partial charge in [-0.1, -0.05) is 84.9 Å². The van der Waals surface area contributed by atoms with E-state index >= 15 is 0 Å². The molecule has 0 atom stereocenters. The van der Waals surface area contributed by atoms with Gasteiger partial charge in [-0.2, -0.15) is 0 Å². The fraction of sp³-hybridized carbons (Fsp3) is 0. The summed E-state index contributed by atoms with van der Waals surface area (Å²) in [5.74, 6) is 0. The summed E-state index contributed by atoms with van der Waals surface area (Å²) in [6.07, 6.45) is 0. The molecule has 0 amide bonds. The Bertz CT molecular complexity index is 2250. The molecule has 0 aliphatic rings. The number of para-hydroxylation sites is 1. The first-order valence-corrected chi connectivity index (χ1v) is 13.1. The van der Waals surface area contributed by atoms with E-state index in [0.29, 0.717) is 0 Å². The summed E-state index contributed by atoms with van der Waals surface area (Å²) in [5, 5.41) is 8.08. The topological polar surface area (TPSA) is 9.86 Å². The van der Waals surface area contributed by atoms with Crippen LogP contribution in [-0.2, 0) is 0 Å². The number of benzene rings is 7. The number of fused-ring (bicyclic) bond motifs is 1. The second kappa shape index (κ2) is 7.24. The highest BCUT2D eigenvalue weighted by atomic mass is 15.0. The molecule has 0 radical (unpaired) electrons. The van der Waals surface area contributed by atoms with Crippen LogP contribution in [0.1, 0.15) is 0 Å². The molecule has 38 heavy (non-hydrogen) atoms. The summed E-state index contributed by atoms with van der Waals surface area (Å²) in [6.45, 7) is 0. The molecule has 0 aliphatic heterocycles. The number of aromatic nitrogens is 2. The molecule has 0 bridgehead atoms. The molecule has 0 unspecified atom stereocenters. The highest BCUT2D eigenvalue weighted by Gasteiger charge is 2.25. The molecule has 176 valence electrons. The number of nitrogens with zero attached hydrogens (tertiary/aromatic N) is 2. The largest absolute Gasteiger partial charge is 0.309 e. The van der Waals surface area contributed by atoms with Crippen molar-refractivity contribution in [2.24, 2.45) is 0 Å². The third-order valence-electron chi connectivity index (χ3n) is 8.25. The second-order valence-electron chi connectivity index (χ2n) is 10.2. The summed E-state index contributed by atoms with van der Waals surface area (Å²) < 4.78 is 4.87. The van der Waals surface area contributed by atoms with Gasteiger partial charge in [-0.3, -0.25) is 0 Å². The van der Waals surface area contributed by atoms with Crippen molar-refractivity contribution in [2.45, 2.75) is 0 Å². The van der Waals surface area contributed by atoms with E-state index in [1.54, 1.807) is 0 Å². The van der Waals surface area contributed by atoms with E-state index in [1.165, 1.54) is 76.9 Å². The molecule has 2 nitrogen and oxygen atoms in total. The van der Waals surface area contributed by atoms with Crippen LogP contribution in [0, 0.1) is 0 Å². The fourth-order valence-electron chi connectivity index (χ4n) is 6.71. The van der Waals surface area contributed by atoms with Gasteiger partial charge >= 0.3 is 0 Å². The van der Waals surface area contributed by atoms with Gasteiger partial charge in [0.15, 0.2) is 0 Å². The minimum Gasteiger partial charge on any atom is -0.309 e.